The van der Waals surface area contributed by atoms with Gasteiger partial charge < -0.3 is 10.6 Å². The first-order chi connectivity index (χ1) is 15.2. The standard InChI is InChI=1S/C23H22ClN3O4S/c1-15(2)27-32(30,31)19-13-9-17(10-14-19)23(29)26-21-6-4-3-5-20(21)25-22(28)16-7-11-18(24)12-8-16/h3-15,27H,1-2H3,(H,25,28)(H,26,29). The van der Waals surface area contributed by atoms with Crippen molar-refractivity contribution in [1.82, 2.24) is 4.72 Å². The number of hydrogen-bond acceptors (Lipinski definition) is 4. The van der Waals surface area contributed by atoms with E-state index in [1.54, 1.807) is 62.4 Å². The number of para-hydroxylation sites is 2. The Morgan fingerprint density at radius 1 is 0.750 bits per heavy atom. The second-order valence-electron chi connectivity index (χ2n) is 7.26. The first-order valence-corrected chi connectivity index (χ1v) is 11.6. The highest BCUT2D eigenvalue weighted by molar-refractivity contribution is 7.89. The Kier molecular flexibility index (Phi) is 7.29. The number of carbonyl (C=O) groups is 2. The summed E-state index contributed by atoms with van der Waals surface area (Å²) in [6.07, 6.45) is 0. The second-order valence-corrected chi connectivity index (χ2v) is 9.41. The Morgan fingerprint density at radius 2 is 1.19 bits per heavy atom. The highest BCUT2D eigenvalue weighted by Gasteiger charge is 2.17. The van der Waals surface area contributed by atoms with Gasteiger partial charge in [-0.15, -0.1) is 0 Å². The average Bonchev–Trinajstić information content (AvgIpc) is 2.74. The molecular formula is C23H22ClN3O4S. The van der Waals surface area contributed by atoms with Crippen LogP contribution in [-0.4, -0.2) is 26.3 Å². The average molecular weight is 472 g/mol. The topological polar surface area (TPSA) is 104 Å². The molecule has 0 unspecified atom stereocenters. The van der Waals surface area contributed by atoms with E-state index < -0.39 is 15.9 Å². The third-order valence-electron chi connectivity index (χ3n) is 4.35. The molecular weight excluding hydrogens is 450 g/mol. The minimum atomic E-state index is -3.65. The second kappa shape index (κ2) is 9.95. The highest BCUT2D eigenvalue weighted by Crippen LogP contribution is 2.23. The molecule has 0 fully saturated rings. The fourth-order valence-corrected chi connectivity index (χ4v) is 4.23. The Morgan fingerprint density at radius 3 is 1.62 bits per heavy atom. The largest absolute Gasteiger partial charge is 0.320 e. The number of benzene rings is 3. The van der Waals surface area contributed by atoms with Crippen molar-refractivity contribution in [1.29, 1.82) is 0 Å². The minimum absolute atomic E-state index is 0.0679. The summed E-state index contributed by atoms with van der Waals surface area (Å²) in [6.45, 7) is 3.45. The Labute approximate surface area is 191 Å². The van der Waals surface area contributed by atoms with Crippen molar-refractivity contribution in [2.75, 3.05) is 10.6 Å². The van der Waals surface area contributed by atoms with Crippen LogP contribution in [0.4, 0.5) is 11.4 Å². The highest BCUT2D eigenvalue weighted by atomic mass is 35.5. The fraction of sp³-hybridized carbons (Fsp3) is 0.130. The molecule has 9 heteroatoms. The molecule has 32 heavy (non-hydrogen) atoms. The van der Waals surface area contributed by atoms with Gasteiger partial charge in [0.25, 0.3) is 11.8 Å². The number of nitrogens with one attached hydrogen (secondary N) is 3. The van der Waals surface area contributed by atoms with Crippen molar-refractivity contribution in [3.63, 3.8) is 0 Å². The van der Waals surface area contributed by atoms with Gasteiger partial charge in [-0.3, -0.25) is 9.59 Å². The van der Waals surface area contributed by atoms with E-state index in [0.29, 0.717) is 22.0 Å². The number of carbonyl (C=O) groups excluding carboxylic acids is 2. The minimum Gasteiger partial charge on any atom is -0.320 e. The third kappa shape index (κ3) is 5.94. The molecule has 3 rings (SSSR count). The monoisotopic (exact) mass is 471 g/mol. The maximum atomic E-state index is 12.7. The van der Waals surface area contributed by atoms with Gasteiger partial charge in [0.1, 0.15) is 0 Å². The van der Waals surface area contributed by atoms with E-state index >= 15 is 0 Å². The SMILES string of the molecule is CC(C)NS(=O)(=O)c1ccc(C(=O)Nc2ccccc2NC(=O)c2ccc(Cl)cc2)cc1. The lowest BCUT2D eigenvalue weighted by Crippen LogP contribution is -2.30. The summed E-state index contributed by atoms with van der Waals surface area (Å²) in [6, 6.07) is 18.6. The summed E-state index contributed by atoms with van der Waals surface area (Å²) in [4.78, 5) is 25.3. The van der Waals surface area contributed by atoms with E-state index in [0.717, 1.165) is 0 Å². The van der Waals surface area contributed by atoms with Crippen molar-refractivity contribution in [3.8, 4) is 0 Å². The maximum Gasteiger partial charge on any atom is 0.255 e. The molecule has 0 spiro atoms. The molecule has 0 aliphatic carbocycles. The van der Waals surface area contributed by atoms with E-state index in [-0.39, 0.29) is 22.4 Å². The molecule has 166 valence electrons. The number of halogens is 1. The van der Waals surface area contributed by atoms with Crippen LogP contribution in [0.25, 0.3) is 0 Å². The van der Waals surface area contributed by atoms with E-state index in [2.05, 4.69) is 15.4 Å². The van der Waals surface area contributed by atoms with Crippen LogP contribution in [0, 0.1) is 0 Å². The van der Waals surface area contributed by atoms with Gasteiger partial charge in [0.2, 0.25) is 10.0 Å². The lowest BCUT2D eigenvalue weighted by Gasteiger charge is -2.13. The van der Waals surface area contributed by atoms with Gasteiger partial charge in [-0.1, -0.05) is 23.7 Å². The number of sulfonamides is 1. The number of anilines is 2. The molecule has 0 aliphatic heterocycles. The molecule has 0 saturated heterocycles. The molecule has 2 amide bonds. The predicted octanol–water partition coefficient (Wildman–Crippen LogP) is 4.53. The predicted molar refractivity (Wildman–Crippen MR) is 126 cm³/mol. The molecule has 0 aromatic heterocycles. The summed E-state index contributed by atoms with van der Waals surface area (Å²) in [7, 11) is -3.65. The molecule has 0 saturated carbocycles. The fourth-order valence-electron chi connectivity index (χ4n) is 2.86. The summed E-state index contributed by atoms with van der Waals surface area (Å²) < 4.78 is 27.0. The summed E-state index contributed by atoms with van der Waals surface area (Å²) in [5.74, 6) is -0.797. The third-order valence-corrected chi connectivity index (χ3v) is 6.27. The number of amides is 2. The zero-order valence-electron chi connectivity index (χ0n) is 17.4. The molecule has 0 atom stereocenters. The molecule has 3 N–H and O–H groups in total. The molecule has 0 heterocycles. The van der Waals surface area contributed by atoms with Crippen LogP contribution in [0.1, 0.15) is 34.6 Å². The molecule has 3 aromatic rings. The molecule has 3 aromatic carbocycles. The van der Waals surface area contributed by atoms with Crippen molar-refractivity contribution in [3.05, 3.63) is 88.9 Å². The molecule has 0 aliphatic rings. The van der Waals surface area contributed by atoms with Crippen molar-refractivity contribution in [2.45, 2.75) is 24.8 Å². The quantitative estimate of drug-likeness (QED) is 0.470. The van der Waals surface area contributed by atoms with Gasteiger partial charge in [0.05, 0.1) is 16.3 Å². The molecule has 7 nitrogen and oxygen atoms in total. The van der Waals surface area contributed by atoms with Gasteiger partial charge >= 0.3 is 0 Å². The van der Waals surface area contributed by atoms with Crippen LogP contribution >= 0.6 is 11.6 Å². The maximum absolute atomic E-state index is 12.7. The lowest BCUT2D eigenvalue weighted by molar-refractivity contribution is 0.101. The van der Waals surface area contributed by atoms with E-state index in [9.17, 15) is 18.0 Å². The van der Waals surface area contributed by atoms with E-state index in [1.165, 1.54) is 24.3 Å². The van der Waals surface area contributed by atoms with Crippen LogP contribution in [0.5, 0.6) is 0 Å². The first kappa shape index (κ1) is 23.5. The first-order valence-electron chi connectivity index (χ1n) is 9.75. The van der Waals surface area contributed by atoms with Crippen molar-refractivity contribution in [2.24, 2.45) is 0 Å². The lowest BCUT2D eigenvalue weighted by atomic mass is 10.2. The van der Waals surface area contributed by atoms with Crippen molar-refractivity contribution < 1.29 is 18.0 Å². The van der Waals surface area contributed by atoms with Gasteiger partial charge in [-0.05, 0) is 74.5 Å². The number of hydrogen-bond donors (Lipinski definition) is 3. The van der Waals surface area contributed by atoms with Gasteiger partial charge in [-0.2, -0.15) is 0 Å². The Hall–Kier alpha value is -3.20. The molecule has 0 bridgehead atoms. The van der Waals surface area contributed by atoms with Crippen LogP contribution < -0.4 is 15.4 Å². The van der Waals surface area contributed by atoms with Crippen LogP contribution in [0.15, 0.2) is 77.7 Å². The van der Waals surface area contributed by atoms with Crippen LogP contribution in [0.3, 0.4) is 0 Å². The summed E-state index contributed by atoms with van der Waals surface area (Å²) in [5.41, 5.74) is 1.51. The zero-order valence-corrected chi connectivity index (χ0v) is 19.0. The summed E-state index contributed by atoms with van der Waals surface area (Å²) >= 11 is 5.86. The number of rotatable bonds is 7. The van der Waals surface area contributed by atoms with Gasteiger partial charge in [-0.25, -0.2) is 13.1 Å². The Bertz CT molecular complexity index is 1220. The van der Waals surface area contributed by atoms with Crippen LogP contribution in [0.2, 0.25) is 5.02 Å². The van der Waals surface area contributed by atoms with Crippen molar-refractivity contribution >= 4 is 44.8 Å². The Balaban J connectivity index is 1.74. The van der Waals surface area contributed by atoms with E-state index in [4.69, 9.17) is 11.6 Å². The van der Waals surface area contributed by atoms with Crippen LogP contribution in [-0.2, 0) is 10.0 Å². The zero-order chi connectivity index (χ0) is 23.3. The smallest absolute Gasteiger partial charge is 0.255 e. The molecule has 0 radical (unpaired) electrons. The van der Waals surface area contributed by atoms with Gasteiger partial charge in [0, 0.05) is 22.2 Å². The normalized spacial score (nSPS) is 11.2. The van der Waals surface area contributed by atoms with Gasteiger partial charge in [0.15, 0.2) is 0 Å². The summed E-state index contributed by atoms with van der Waals surface area (Å²) in [5, 5.41) is 6.03. The van der Waals surface area contributed by atoms with E-state index in [1.807, 2.05) is 0 Å².